The van der Waals surface area contributed by atoms with Crippen molar-refractivity contribution in [2.45, 2.75) is 33.4 Å². The molecule has 8 heteroatoms. The summed E-state index contributed by atoms with van der Waals surface area (Å²) in [4.78, 5) is 20.3. The Morgan fingerprint density at radius 1 is 1.27 bits per heavy atom. The third-order valence-electron chi connectivity index (χ3n) is 3.71. The number of amides is 1. The summed E-state index contributed by atoms with van der Waals surface area (Å²) in [6, 6.07) is 7.78. The molecule has 0 aliphatic rings. The van der Waals surface area contributed by atoms with Crippen LogP contribution >= 0.6 is 0 Å². The molecule has 0 atom stereocenters. The predicted octanol–water partition coefficient (Wildman–Crippen LogP) is 1.66. The SMILES string of the molecule is CN=C(NCc1cccc(NC(=O)CC(C)C)c1)NCc1ncnn1C. The molecule has 0 fully saturated rings. The molecule has 3 N–H and O–H groups in total. The largest absolute Gasteiger partial charge is 0.352 e. The molecule has 2 aromatic rings. The smallest absolute Gasteiger partial charge is 0.224 e. The van der Waals surface area contributed by atoms with E-state index in [9.17, 15) is 4.79 Å². The van der Waals surface area contributed by atoms with Crippen LogP contribution in [0.3, 0.4) is 0 Å². The van der Waals surface area contributed by atoms with Gasteiger partial charge in [0, 0.05) is 32.7 Å². The van der Waals surface area contributed by atoms with Crippen molar-refractivity contribution >= 4 is 17.6 Å². The van der Waals surface area contributed by atoms with Crippen molar-refractivity contribution < 1.29 is 4.79 Å². The molecule has 0 aliphatic heterocycles. The summed E-state index contributed by atoms with van der Waals surface area (Å²) < 4.78 is 1.71. The van der Waals surface area contributed by atoms with E-state index < -0.39 is 0 Å². The monoisotopic (exact) mass is 357 g/mol. The fourth-order valence-corrected chi connectivity index (χ4v) is 2.39. The van der Waals surface area contributed by atoms with E-state index >= 15 is 0 Å². The molecule has 1 aromatic heterocycles. The molecule has 140 valence electrons. The third-order valence-corrected chi connectivity index (χ3v) is 3.71. The summed E-state index contributed by atoms with van der Waals surface area (Å²) >= 11 is 0. The van der Waals surface area contributed by atoms with Crippen LogP contribution in [-0.2, 0) is 24.9 Å². The summed E-state index contributed by atoms with van der Waals surface area (Å²) in [6.45, 7) is 5.17. The molecule has 0 saturated carbocycles. The van der Waals surface area contributed by atoms with Gasteiger partial charge in [-0.2, -0.15) is 5.10 Å². The van der Waals surface area contributed by atoms with Crippen LogP contribution in [0.25, 0.3) is 0 Å². The van der Waals surface area contributed by atoms with Crippen LogP contribution in [0.1, 0.15) is 31.7 Å². The number of aryl methyl sites for hydroxylation is 1. The number of nitrogens with zero attached hydrogens (tertiary/aromatic N) is 4. The van der Waals surface area contributed by atoms with Crippen LogP contribution in [0, 0.1) is 5.92 Å². The maximum absolute atomic E-state index is 11.9. The van der Waals surface area contributed by atoms with Crippen molar-refractivity contribution in [1.29, 1.82) is 0 Å². The van der Waals surface area contributed by atoms with Gasteiger partial charge in [-0.15, -0.1) is 0 Å². The Labute approximate surface area is 154 Å². The minimum atomic E-state index is 0.0336. The van der Waals surface area contributed by atoms with Gasteiger partial charge in [0.05, 0.1) is 6.54 Å². The zero-order chi connectivity index (χ0) is 18.9. The van der Waals surface area contributed by atoms with Crippen molar-refractivity contribution in [1.82, 2.24) is 25.4 Å². The number of aliphatic imine (C=N–C) groups is 1. The number of anilines is 1. The van der Waals surface area contributed by atoms with Crippen LogP contribution in [0.15, 0.2) is 35.6 Å². The Morgan fingerprint density at radius 2 is 2.04 bits per heavy atom. The highest BCUT2D eigenvalue weighted by atomic mass is 16.1. The van der Waals surface area contributed by atoms with Crippen LogP contribution < -0.4 is 16.0 Å². The summed E-state index contributed by atoms with van der Waals surface area (Å²) in [7, 11) is 3.56. The average Bonchev–Trinajstić information content (AvgIpc) is 2.99. The second-order valence-electron chi connectivity index (χ2n) is 6.43. The number of guanidine groups is 1. The van der Waals surface area contributed by atoms with Crippen LogP contribution in [0.2, 0.25) is 0 Å². The number of hydrogen-bond acceptors (Lipinski definition) is 4. The molecule has 0 unspecified atom stereocenters. The van der Waals surface area contributed by atoms with E-state index in [0.717, 1.165) is 17.1 Å². The number of benzene rings is 1. The van der Waals surface area contributed by atoms with Gasteiger partial charge in [-0.25, -0.2) is 4.98 Å². The summed E-state index contributed by atoms with van der Waals surface area (Å²) in [5.41, 5.74) is 1.85. The van der Waals surface area contributed by atoms with Crippen LogP contribution in [0.4, 0.5) is 5.69 Å². The molecule has 0 saturated heterocycles. The Bertz CT molecular complexity index is 752. The first-order valence-electron chi connectivity index (χ1n) is 8.64. The minimum Gasteiger partial charge on any atom is -0.352 e. The van der Waals surface area contributed by atoms with E-state index in [-0.39, 0.29) is 5.91 Å². The Hall–Kier alpha value is -2.90. The maximum Gasteiger partial charge on any atom is 0.224 e. The highest BCUT2D eigenvalue weighted by Gasteiger charge is 2.06. The fourth-order valence-electron chi connectivity index (χ4n) is 2.39. The Kier molecular flexibility index (Phi) is 7.13. The second kappa shape index (κ2) is 9.55. The highest BCUT2D eigenvalue weighted by molar-refractivity contribution is 5.90. The molecule has 0 aliphatic carbocycles. The van der Waals surface area contributed by atoms with Crippen molar-refractivity contribution in [3.05, 3.63) is 42.0 Å². The Morgan fingerprint density at radius 3 is 2.69 bits per heavy atom. The van der Waals surface area contributed by atoms with Gasteiger partial charge in [-0.05, 0) is 23.6 Å². The molecular formula is C18H27N7O. The molecule has 0 bridgehead atoms. The number of carbonyl (C=O) groups is 1. The molecule has 8 nitrogen and oxygen atoms in total. The zero-order valence-electron chi connectivity index (χ0n) is 15.8. The van der Waals surface area contributed by atoms with E-state index in [0.29, 0.717) is 31.4 Å². The van der Waals surface area contributed by atoms with Crippen molar-refractivity contribution in [2.24, 2.45) is 18.0 Å². The van der Waals surface area contributed by atoms with Gasteiger partial charge in [-0.1, -0.05) is 26.0 Å². The van der Waals surface area contributed by atoms with Crippen molar-refractivity contribution in [2.75, 3.05) is 12.4 Å². The molecule has 2 rings (SSSR count). The number of nitrogens with one attached hydrogen (secondary N) is 3. The molecule has 0 radical (unpaired) electrons. The first-order chi connectivity index (χ1) is 12.5. The first kappa shape index (κ1) is 19.4. The van der Waals surface area contributed by atoms with E-state index in [1.54, 1.807) is 11.7 Å². The van der Waals surface area contributed by atoms with Gasteiger partial charge in [0.15, 0.2) is 5.96 Å². The quantitative estimate of drug-likeness (QED) is 0.517. The van der Waals surface area contributed by atoms with E-state index in [4.69, 9.17) is 0 Å². The lowest BCUT2D eigenvalue weighted by atomic mass is 10.1. The Balaban J connectivity index is 1.86. The molecular weight excluding hydrogens is 330 g/mol. The zero-order valence-corrected chi connectivity index (χ0v) is 15.8. The van der Waals surface area contributed by atoms with Gasteiger partial charge >= 0.3 is 0 Å². The fraction of sp³-hybridized carbons (Fsp3) is 0.444. The van der Waals surface area contributed by atoms with Gasteiger partial charge < -0.3 is 16.0 Å². The lowest BCUT2D eigenvalue weighted by molar-refractivity contribution is -0.116. The summed E-state index contributed by atoms with van der Waals surface area (Å²) in [6.07, 6.45) is 2.04. The van der Waals surface area contributed by atoms with Crippen LogP contribution in [-0.4, -0.2) is 33.7 Å². The van der Waals surface area contributed by atoms with Gasteiger partial charge in [0.1, 0.15) is 12.2 Å². The summed E-state index contributed by atoms with van der Waals surface area (Å²) in [5.74, 6) is 1.86. The number of carbonyl (C=O) groups excluding carboxylic acids is 1. The van der Waals surface area contributed by atoms with Crippen LogP contribution in [0.5, 0.6) is 0 Å². The predicted molar refractivity (Wildman–Crippen MR) is 103 cm³/mol. The first-order valence-corrected chi connectivity index (χ1v) is 8.64. The molecule has 0 spiro atoms. The lowest BCUT2D eigenvalue weighted by Gasteiger charge is -2.13. The number of hydrogen-bond donors (Lipinski definition) is 3. The van der Waals surface area contributed by atoms with Crippen molar-refractivity contribution in [3.8, 4) is 0 Å². The summed E-state index contributed by atoms with van der Waals surface area (Å²) in [5, 5.41) is 13.4. The van der Waals surface area contributed by atoms with Gasteiger partial charge in [0.25, 0.3) is 0 Å². The molecule has 1 aromatic carbocycles. The standard InChI is InChI=1S/C18H27N7O/c1-13(2)8-17(26)24-15-7-5-6-14(9-15)10-20-18(19-3)21-11-16-22-12-23-25(16)4/h5-7,9,12-13H,8,10-11H2,1-4H3,(H,24,26)(H2,19,20,21). The second-order valence-corrected chi connectivity index (χ2v) is 6.43. The van der Waals surface area contributed by atoms with Crippen molar-refractivity contribution in [3.63, 3.8) is 0 Å². The average molecular weight is 357 g/mol. The molecule has 26 heavy (non-hydrogen) atoms. The highest BCUT2D eigenvalue weighted by Crippen LogP contribution is 2.12. The molecule has 1 amide bonds. The van der Waals surface area contributed by atoms with E-state index in [1.807, 2.05) is 45.2 Å². The number of rotatable bonds is 7. The third kappa shape index (κ3) is 6.19. The van der Waals surface area contributed by atoms with Gasteiger partial charge in [0.2, 0.25) is 5.91 Å². The normalized spacial score (nSPS) is 11.5. The number of aromatic nitrogens is 3. The molecule has 1 heterocycles. The van der Waals surface area contributed by atoms with E-state index in [2.05, 4.69) is 31.0 Å². The van der Waals surface area contributed by atoms with Gasteiger partial charge in [-0.3, -0.25) is 14.5 Å². The van der Waals surface area contributed by atoms with E-state index in [1.165, 1.54) is 6.33 Å². The minimum absolute atomic E-state index is 0.0336. The topological polar surface area (TPSA) is 96.2 Å². The lowest BCUT2D eigenvalue weighted by Crippen LogP contribution is -2.36. The maximum atomic E-state index is 11.9.